The third kappa shape index (κ3) is 1.55. The van der Waals surface area contributed by atoms with Crippen LogP contribution in [0.4, 0.5) is 0 Å². The van der Waals surface area contributed by atoms with Gasteiger partial charge in [0.05, 0.1) is 0 Å². The normalized spacial score (nSPS) is 37.1. The molecule has 1 heterocycles. The first kappa shape index (κ1) is 8.26. The van der Waals surface area contributed by atoms with E-state index in [4.69, 9.17) is 5.84 Å². The van der Waals surface area contributed by atoms with Crippen LogP contribution in [0.15, 0.2) is 0 Å². The van der Waals surface area contributed by atoms with Crippen molar-refractivity contribution in [2.75, 3.05) is 13.1 Å². The van der Waals surface area contributed by atoms with E-state index in [9.17, 15) is 0 Å². The Kier molecular flexibility index (Phi) is 2.14. The van der Waals surface area contributed by atoms with E-state index in [1.165, 1.54) is 25.7 Å². The molecule has 64 valence electrons. The summed E-state index contributed by atoms with van der Waals surface area (Å²) in [6, 6.07) is 0. The lowest BCUT2D eigenvalue weighted by Gasteiger charge is -2.51. The number of hydrazine groups is 1. The molecule has 2 aliphatic rings. The highest BCUT2D eigenvalue weighted by molar-refractivity contribution is 14.1. The molecule has 0 bridgehead atoms. The van der Waals surface area contributed by atoms with Crippen molar-refractivity contribution >= 4 is 22.6 Å². The second-order valence-electron chi connectivity index (χ2n) is 4.10. The number of nitrogens with two attached hydrogens (primary N) is 1. The fourth-order valence-electron chi connectivity index (χ4n) is 2.48. The molecule has 3 heteroatoms. The van der Waals surface area contributed by atoms with E-state index >= 15 is 0 Å². The van der Waals surface area contributed by atoms with E-state index in [1.54, 1.807) is 0 Å². The minimum absolute atomic E-state index is 0.638. The van der Waals surface area contributed by atoms with E-state index in [0.717, 1.165) is 17.0 Å². The maximum absolute atomic E-state index is 5.66. The second-order valence-corrected chi connectivity index (χ2v) is 5.86. The molecule has 1 spiro atoms. The van der Waals surface area contributed by atoms with E-state index in [-0.39, 0.29) is 0 Å². The third-order valence-corrected chi connectivity index (χ3v) is 4.02. The van der Waals surface area contributed by atoms with Crippen molar-refractivity contribution in [2.24, 2.45) is 11.3 Å². The molecule has 1 unspecified atom stereocenters. The number of nitrogens with zero attached hydrogens (tertiary/aromatic N) is 1. The highest BCUT2D eigenvalue weighted by Gasteiger charge is 2.44. The Morgan fingerprint density at radius 2 is 2.18 bits per heavy atom. The molecule has 1 atom stereocenters. The first-order chi connectivity index (χ1) is 5.20. The lowest BCUT2D eigenvalue weighted by atomic mass is 9.69. The molecule has 0 radical (unpaired) electrons. The largest absolute Gasteiger partial charge is 0.269 e. The van der Waals surface area contributed by atoms with Gasteiger partial charge >= 0.3 is 0 Å². The minimum Gasteiger partial charge on any atom is -0.269 e. The maximum atomic E-state index is 5.66. The van der Waals surface area contributed by atoms with E-state index in [2.05, 4.69) is 22.6 Å². The van der Waals surface area contributed by atoms with Crippen LogP contribution in [-0.4, -0.2) is 22.0 Å². The van der Waals surface area contributed by atoms with Gasteiger partial charge in [-0.05, 0) is 24.7 Å². The molecule has 2 nitrogen and oxygen atoms in total. The van der Waals surface area contributed by atoms with E-state index in [0.29, 0.717) is 5.41 Å². The van der Waals surface area contributed by atoms with E-state index in [1.807, 2.05) is 5.01 Å². The summed E-state index contributed by atoms with van der Waals surface area (Å²) in [5.41, 5.74) is 0.638. The molecule has 2 rings (SSSR count). The van der Waals surface area contributed by atoms with Crippen LogP contribution in [0, 0.1) is 5.41 Å². The van der Waals surface area contributed by atoms with Gasteiger partial charge in [-0.3, -0.25) is 5.84 Å². The van der Waals surface area contributed by atoms with Gasteiger partial charge in [-0.2, -0.15) is 0 Å². The van der Waals surface area contributed by atoms with Crippen LogP contribution in [0.2, 0.25) is 0 Å². The fourth-order valence-corrected chi connectivity index (χ4v) is 3.85. The summed E-state index contributed by atoms with van der Waals surface area (Å²) in [5.74, 6) is 5.66. The van der Waals surface area contributed by atoms with Gasteiger partial charge in [-0.15, -0.1) is 0 Å². The smallest absolute Gasteiger partial charge is 0.0198 e. The Morgan fingerprint density at radius 1 is 1.45 bits per heavy atom. The number of hydrogen-bond donors (Lipinski definition) is 1. The number of hydrogen-bond acceptors (Lipinski definition) is 2. The van der Waals surface area contributed by atoms with Gasteiger partial charge in [0.2, 0.25) is 0 Å². The number of rotatable bonds is 0. The zero-order chi connectivity index (χ0) is 7.90. The van der Waals surface area contributed by atoms with Gasteiger partial charge in [0.1, 0.15) is 0 Å². The van der Waals surface area contributed by atoms with Crippen molar-refractivity contribution in [3.63, 3.8) is 0 Å². The molecule has 11 heavy (non-hydrogen) atoms. The third-order valence-electron chi connectivity index (χ3n) is 2.96. The van der Waals surface area contributed by atoms with Crippen LogP contribution < -0.4 is 5.84 Å². The van der Waals surface area contributed by atoms with Crippen LogP contribution in [0.1, 0.15) is 25.7 Å². The standard InChI is InChI=1S/C8H15IN2/c9-7-2-1-3-8(4-7)5-11(10)6-8/h7H,1-6,10H2. The first-order valence-corrected chi connectivity index (χ1v) is 5.59. The molecule has 0 amide bonds. The Bertz CT molecular complexity index is 149. The number of halogens is 1. The molecule has 1 aliphatic heterocycles. The van der Waals surface area contributed by atoms with Crippen LogP contribution in [0.5, 0.6) is 0 Å². The zero-order valence-electron chi connectivity index (χ0n) is 6.72. The predicted molar refractivity (Wildman–Crippen MR) is 54.5 cm³/mol. The zero-order valence-corrected chi connectivity index (χ0v) is 8.88. The SMILES string of the molecule is NN1CC2(CCCC(I)C2)C1. The van der Waals surface area contributed by atoms with Gasteiger partial charge in [-0.1, -0.05) is 29.0 Å². The monoisotopic (exact) mass is 266 g/mol. The van der Waals surface area contributed by atoms with Gasteiger partial charge in [0.15, 0.2) is 0 Å². The second kappa shape index (κ2) is 2.85. The van der Waals surface area contributed by atoms with Crippen LogP contribution in [0.3, 0.4) is 0 Å². The molecule has 1 aliphatic carbocycles. The fraction of sp³-hybridized carbons (Fsp3) is 1.00. The Morgan fingerprint density at radius 3 is 2.73 bits per heavy atom. The lowest BCUT2D eigenvalue weighted by Crippen LogP contribution is -2.60. The molecule has 2 fully saturated rings. The first-order valence-electron chi connectivity index (χ1n) is 4.34. The van der Waals surface area contributed by atoms with Gasteiger partial charge in [0, 0.05) is 17.0 Å². The van der Waals surface area contributed by atoms with Gasteiger partial charge in [-0.25, -0.2) is 5.01 Å². The summed E-state index contributed by atoms with van der Waals surface area (Å²) in [4.78, 5) is 0. The lowest BCUT2D eigenvalue weighted by molar-refractivity contribution is -0.0253. The van der Waals surface area contributed by atoms with Crippen LogP contribution >= 0.6 is 22.6 Å². The summed E-state index contributed by atoms with van der Waals surface area (Å²) in [5, 5.41) is 1.95. The molecule has 2 N–H and O–H groups in total. The molecular weight excluding hydrogens is 251 g/mol. The average molecular weight is 266 g/mol. The highest BCUT2D eigenvalue weighted by atomic mass is 127. The van der Waals surface area contributed by atoms with Crippen LogP contribution in [-0.2, 0) is 0 Å². The van der Waals surface area contributed by atoms with Gasteiger partial charge in [0.25, 0.3) is 0 Å². The van der Waals surface area contributed by atoms with Crippen molar-refractivity contribution < 1.29 is 0 Å². The van der Waals surface area contributed by atoms with Crippen molar-refractivity contribution in [3.8, 4) is 0 Å². The highest BCUT2D eigenvalue weighted by Crippen LogP contribution is 2.44. The summed E-state index contributed by atoms with van der Waals surface area (Å²) in [6.07, 6.45) is 5.66. The summed E-state index contributed by atoms with van der Waals surface area (Å²) < 4.78 is 0.912. The Balaban J connectivity index is 1.93. The predicted octanol–water partition coefficient (Wildman–Crippen LogP) is 1.54. The van der Waals surface area contributed by atoms with Crippen molar-refractivity contribution in [1.82, 2.24) is 5.01 Å². The Labute approximate surface area is 81.6 Å². The maximum Gasteiger partial charge on any atom is 0.0198 e. The number of alkyl halides is 1. The average Bonchev–Trinajstić information content (AvgIpc) is 1.84. The quantitative estimate of drug-likeness (QED) is 0.409. The molecular formula is C8H15IN2. The molecule has 0 aromatic rings. The van der Waals surface area contributed by atoms with Gasteiger partial charge < -0.3 is 0 Å². The van der Waals surface area contributed by atoms with Crippen molar-refractivity contribution in [1.29, 1.82) is 0 Å². The van der Waals surface area contributed by atoms with Crippen molar-refractivity contribution in [3.05, 3.63) is 0 Å². The van der Waals surface area contributed by atoms with E-state index < -0.39 is 0 Å². The summed E-state index contributed by atoms with van der Waals surface area (Å²) in [6.45, 7) is 2.29. The van der Waals surface area contributed by atoms with Crippen molar-refractivity contribution in [2.45, 2.75) is 29.6 Å². The minimum atomic E-state index is 0.638. The topological polar surface area (TPSA) is 29.3 Å². The molecule has 1 saturated heterocycles. The van der Waals surface area contributed by atoms with Crippen LogP contribution in [0.25, 0.3) is 0 Å². The Hall–Kier alpha value is 0.650. The molecule has 0 aromatic heterocycles. The summed E-state index contributed by atoms with van der Waals surface area (Å²) in [7, 11) is 0. The summed E-state index contributed by atoms with van der Waals surface area (Å²) >= 11 is 2.59. The molecule has 0 aromatic carbocycles. The molecule has 1 saturated carbocycles.